The lowest BCUT2D eigenvalue weighted by molar-refractivity contribution is 0.269. The lowest BCUT2D eigenvalue weighted by atomic mass is 9.90. The van der Waals surface area contributed by atoms with E-state index in [9.17, 15) is 0 Å². The Labute approximate surface area is 259 Å². The van der Waals surface area contributed by atoms with E-state index in [0.29, 0.717) is 0 Å². The van der Waals surface area contributed by atoms with Crippen LogP contribution in [0.15, 0.2) is 152 Å². The summed E-state index contributed by atoms with van der Waals surface area (Å²) in [4.78, 5) is 5.32. The van der Waals surface area contributed by atoms with Crippen LogP contribution in [0.3, 0.4) is 0 Å². The number of nitrogens with zero attached hydrogens (tertiary/aromatic N) is 3. The van der Waals surface area contributed by atoms with Gasteiger partial charge in [-0.1, -0.05) is 91.0 Å². The minimum Gasteiger partial charge on any atom is -0.485 e. The SMILES string of the molecule is C1=CC2Oc3ccc(-c4ccc5c(c4)c4ccccc4n5-c4cccc(-n5c6ccccc6c6ccccc65)n4)cc3C2C=C1. The maximum Gasteiger partial charge on any atom is 0.140 e. The van der Waals surface area contributed by atoms with Crippen molar-refractivity contribution < 1.29 is 4.74 Å². The second kappa shape index (κ2) is 9.31. The smallest absolute Gasteiger partial charge is 0.140 e. The number of hydrogen-bond acceptors (Lipinski definition) is 2. The van der Waals surface area contributed by atoms with Gasteiger partial charge < -0.3 is 4.74 Å². The molecule has 2 unspecified atom stereocenters. The standard InChI is InChI=1S/C41H27N3O/c1-5-14-34-28(10-1)29-11-2-6-15-35(29)43(34)40-18-9-19-41(42-40)44-36-16-7-3-12-30(36)32-24-26(20-22-37(32)44)27-21-23-39-33(25-27)31-13-4-8-17-38(31)45-39/h1-25,31,38H. The van der Waals surface area contributed by atoms with Gasteiger partial charge in [-0.2, -0.15) is 0 Å². The molecule has 0 saturated heterocycles. The molecule has 5 aromatic carbocycles. The third-order valence-electron chi connectivity index (χ3n) is 9.48. The molecular weight excluding hydrogens is 550 g/mol. The third kappa shape index (κ3) is 3.57. The zero-order valence-corrected chi connectivity index (χ0v) is 24.3. The summed E-state index contributed by atoms with van der Waals surface area (Å²) in [6, 6.07) is 45.5. The van der Waals surface area contributed by atoms with Crippen molar-refractivity contribution >= 4 is 43.6 Å². The van der Waals surface area contributed by atoms with E-state index < -0.39 is 0 Å². The number of allylic oxidation sites excluding steroid dienone is 2. The van der Waals surface area contributed by atoms with Gasteiger partial charge in [0.05, 0.1) is 22.1 Å². The van der Waals surface area contributed by atoms with Crippen LogP contribution in [0, 0.1) is 0 Å². The van der Waals surface area contributed by atoms with Gasteiger partial charge in [-0.25, -0.2) is 4.98 Å². The molecule has 0 saturated carbocycles. The number of rotatable bonds is 3. The lowest BCUT2D eigenvalue weighted by Crippen LogP contribution is -2.15. The predicted molar refractivity (Wildman–Crippen MR) is 184 cm³/mol. The quantitative estimate of drug-likeness (QED) is 0.209. The summed E-state index contributed by atoms with van der Waals surface area (Å²) in [5, 5.41) is 4.88. The number of para-hydroxylation sites is 3. The molecule has 8 aromatic rings. The van der Waals surface area contributed by atoms with Crippen LogP contribution in [0.5, 0.6) is 5.75 Å². The maximum atomic E-state index is 6.22. The van der Waals surface area contributed by atoms with Crippen molar-refractivity contribution in [2.75, 3.05) is 0 Å². The first-order valence-electron chi connectivity index (χ1n) is 15.5. The highest BCUT2D eigenvalue weighted by Gasteiger charge is 2.32. The second-order valence-corrected chi connectivity index (χ2v) is 11.9. The molecule has 2 atom stereocenters. The van der Waals surface area contributed by atoms with Crippen molar-refractivity contribution in [1.29, 1.82) is 0 Å². The van der Waals surface area contributed by atoms with Gasteiger partial charge >= 0.3 is 0 Å². The number of aromatic nitrogens is 3. The van der Waals surface area contributed by atoms with E-state index in [1.165, 1.54) is 38.2 Å². The van der Waals surface area contributed by atoms with Gasteiger partial charge in [-0.3, -0.25) is 9.13 Å². The fraction of sp³-hybridized carbons (Fsp3) is 0.0488. The zero-order valence-electron chi connectivity index (χ0n) is 24.3. The van der Waals surface area contributed by atoms with Crippen LogP contribution in [0.4, 0.5) is 0 Å². The van der Waals surface area contributed by atoms with Gasteiger partial charge in [0.2, 0.25) is 0 Å². The van der Waals surface area contributed by atoms with Gasteiger partial charge in [0, 0.05) is 33.0 Å². The van der Waals surface area contributed by atoms with E-state index >= 15 is 0 Å². The van der Waals surface area contributed by atoms with Gasteiger partial charge in [0.1, 0.15) is 23.5 Å². The number of hydrogen-bond donors (Lipinski definition) is 0. The summed E-state index contributed by atoms with van der Waals surface area (Å²) < 4.78 is 10.8. The summed E-state index contributed by atoms with van der Waals surface area (Å²) >= 11 is 0. The van der Waals surface area contributed by atoms with E-state index in [2.05, 4.69) is 161 Å². The van der Waals surface area contributed by atoms with Crippen LogP contribution in [-0.4, -0.2) is 20.2 Å². The van der Waals surface area contributed by atoms with Crippen molar-refractivity contribution in [2.24, 2.45) is 0 Å². The van der Waals surface area contributed by atoms with Gasteiger partial charge in [-0.05, 0) is 71.8 Å². The number of pyridine rings is 1. The Morgan fingerprint density at radius 2 is 1.04 bits per heavy atom. The molecule has 0 amide bonds. The summed E-state index contributed by atoms with van der Waals surface area (Å²) in [7, 11) is 0. The predicted octanol–water partition coefficient (Wildman–Crippen LogP) is 9.91. The molecule has 3 aromatic heterocycles. The van der Waals surface area contributed by atoms with Crippen LogP contribution in [0.25, 0.3) is 66.4 Å². The Morgan fingerprint density at radius 1 is 0.489 bits per heavy atom. The molecule has 0 fully saturated rings. The molecule has 0 N–H and O–H groups in total. The second-order valence-electron chi connectivity index (χ2n) is 11.9. The first kappa shape index (κ1) is 24.6. The van der Waals surface area contributed by atoms with Crippen LogP contribution in [-0.2, 0) is 0 Å². The Hall–Kier alpha value is -5.87. The molecule has 4 nitrogen and oxygen atoms in total. The van der Waals surface area contributed by atoms with E-state index in [0.717, 1.165) is 39.5 Å². The molecule has 212 valence electrons. The molecule has 0 bridgehead atoms. The van der Waals surface area contributed by atoms with E-state index in [1.807, 2.05) is 0 Å². The molecule has 4 heteroatoms. The van der Waals surface area contributed by atoms with Crippen molar-refractivity contribution in [3.63, 3.8) is 0 Å². The molecule has 45 heavy (non-hydrogen) atoms. The van der Waals surface area contributed by atoms with Crippen molar-refractivity contribution in [3.05, 3.63) is 157 Å². The first-order valence-corrected chi connectivity index (χ1v) is 15.5. The first-order chi connectivity index (χ1) is 22.3. The monoisotopic (exact) mass is 577 g/mol. The summed E-state index contributed by atoms with van der Waals surface area (Å²) in [6.07, 6.45) is 8.68. The van der Waals surface area contributed by atoms with Crippen molar-refractivity contribution in [2.45, 2.75) is 12.0 Å². The average molecular weight is 578 g/mol. The van der Waals surface area contributed by atoms with Crippen LogP contribution in [0.2, 0.25) is 0 Å². The molecular formula is C41H27N3O. The lowest BCUT2D eigenvalue weighted by Gasteiger charge is -2.14. The van der Waals surface area contributed by atoms with Crippen molar-refractivity contribution in [3.8, 4) is 28.5 Å². The van der Waals surface area contributed by atoms with E-state index in [1.54, 1.807) is 0 Å². The normalized spacial score (nSPS) is 16.9. The van der Waals surface area contributed by atoms with Gasteiger partial charge in [0.15, 0.2) is 0 Å². The molecule has 0 spiro atoms. The fourth-order valence-electron chi connectivity index (χ4n) is 7.45. The Kier molecular flexibility index (Phi) is 5.08. The molecule has 4 heterocycles. The maximum absolute atomic E-state index is 6.22. The zero-order chi connectivity index (χ0) is 29.5. The molecule has 10 rings (SSSR count). The molecule has 1 aliphatic heterocycles. The summed E-state index contributed by atoms with van der Waals surface area (Å²) in [5.41, 5.74) is 8.23. The topological polar surface area (TPSA) is 32.0 Å². The number of fused-ring (bicyclic) bond motifs is 9. The third-order valence-corrected chi connectivity index (χ3v) is 9.48. The average Bonchev–Trinajstić information content (AvgIpc) is 3.75. The Balaban J connectivity index is 1.14. The molecule has 2 aliphatic rings. The largest absolute Gasteiger partial charge is 0.485 e. The van der Waals surface area contributed by atoms with Crippen LogP contribution in [0.1, 0.15) is 11.5 Å². The summed E-state index contributed by atoms with van der Waals surface area (Å²) in [6.45, 7) is 0. The fourth-order valence-corrected chi connectivity index (χ4v) is 7.45. The Bertz CT molecular complexity index is 2490. The van der Waals surface area contributed by atoms with Crippen LogP contribution < -0.4 is 4.74 Å². The van der Waals surface area contributed by atoms with Gasteiger partial charge in [-0.15, -0.1) is 0 Å². The minimum absolute atomic E-state index is 0.0893. The Morgan fingerprint density at radius 3 is 1.73 bits per heavy atom. The minimum atomic E-state index is 0.0893. The highest BCUT2D eigenvalue weighted by molar-refractivity contribution is 6.11. The molecule has 1 aliphatic carbocycles. The highest BCUT2D eigenvalue weighted by atomic mass is 16.5. The van der Waals surface area contributed by atoms with Gasteiger partial charge in [0.25, 0.3) is 0 Å². The van der Waals surface area contributed by atoms with E-state index in [4.69, 9.17) is 9.72 Å². The summed E-state index contributed by atoms with van der Waals surface area (Å²) in [5.74, 6) is 3.05. The molecule has 0 radical (unpaired) electrons. The number of benzene rings is 5. The van der Waals surface area contributed by atoms with E-state index in [-0.39, 0.29) is 12.0 Å². The number of ether oxygens (including phenoxy) is 1. The van der Waals surface area contributed by atoms with Crippen LogP contribution >= 0.6 is 0 Å². The highest BCUT2D eigenvalue weighted by Crippen LogP contribution is 2.43. The van der Waals surface area contributed by atoms with Crippen molar-refractivity contribution in [1.82, 2.24) is 14.1 Å².